The molecule has 7 atom stereocenters. The van der Waals surface area contributed by atoms with Gasteiger partial charge in [-0.05, 0) is 18.4 Å². The molecule has 71 heavy (non-hydrogen) atoms. The number of phosphoric acid groups is 3. The fourth-order valence-corrected chi connectivity index (χ4v) is 10.4. The monoisotopic (exact) mass is 1100 g/mol. The van der Waals surface area contributed by atoms with Gasteiger partial charge in [0.15, 0.2) is 22.8 Å². The number of aromatic nitrogens is 4. The summed E-state index contributed by atoms with van der Waals surface area (Å²) >= 11 is 1.14. The van der Waals surface area contributed by atoms with E-state index in [-0.39, 0.29) is 60.1 Å². The van der Waals surface area contributed by atoms with Crippen molar-refractivity contribution in [3.63, 3.8) is 0 Å². The number of anilines is 1. The minimum Gasteiger partial charge on any atom is -0.386 e. The fourth-order valence-electron chi connectivity index (χ4n) is 6.81. The zero-order valence-corrected chi connectivity index (χ0v) is 43.6. The third kappa shape index (κ3) is 25.5. The molecule has 19 N–H and O–H groups in total. The standard InChI is InChI=1S/C37H65N10O17P3S.3H3N/c1-37(2,32(51)35(52)41-19-17-27(48)40-20-21-68-28(49)16-14-12-10-8-6-4-3-5-7-9-11-13-15-18-45-46-39)23-61-67(58,59)64-66(56,57)60-22-26-31(63-65(53,54)55)30(50)36(62-26)47-25-44-29-33(38)42-24-43-34(29)47;;;/h24-26,30-32,36,50-51H,3-23H2,1-2H3,(H,40,48)(H,41,52)(H,56,57)(H,58,59)(H2,38,42,43)(H2,53,54,55);3*1H3/t26-,30+,31?,32+,36-;;;/m1.../s1. The molecule has 410 valence electrons. The summed E-state index contributed by atoms with van der Waals surface area (Å²) in [6.07, 6.45) is 8.18. The summed E-state index contributed by atoms with van der Waals surface area (Å²) in [6.45, 7) is 1.11. The maximum atomic E-state index is 12.7. The number of amides is 2. The highest BCUT2D eigenvalue weighted by atomic mass is 32.2. The Hall–Kier alpha value is -3.25. The van der Waals surface area contributed by atoms with Gasteiger partial charge in [-0.15, -0.1) is 0 Å². The number of ether oxygens (including phenoxy) is 1. The Balaban J connectivity index is 0.0000163. The van der Waals surface area contributed by atoms with Crippen LogP contribution in [-0.2, 0) is 50.7 Å². The summed E-state index contributed by atoms with van der Waals surface area (Å²) in [5.41, 5.74) is 12.5. The second-order valence-electron chi connectivity index (χ2n) is 16.6. The lowest BCUT2D eigenvalue weighted by molar-refractivity contribution is -0.137. The zero-order chi connectivity index (χ0) is 50.4. The average molecular weight is 1100 g/mol. The first kappa shape index (κ1) is 67.8. The van der Waals surface area contributed by atoms with Crippen molar-refractivity contribution >= 4 is 69.1 Å². The molecule has 2 aromatic rings. The van der Waals surface area contributed by atoms with E-state index >= 15 is 0 Å². The van der Waals surface area contributed by atoms with Gasteiger partial charge >= 0.3 is 23.5 Å². The molecule has 0 aliphatic carbocycles. The molecule has 2 aromatic heterocycles. The molecule has 3 heterocycles. The lowest BCUT2D eigenvalue weighted by Gasteiger charge is -2.30. The first-order chi connectivity index (χ1) is 32.1. The van der Waals surface area contributed by atoms with Crippen LogP contribution in [0.15, 0.2) is 17.8 Å². The highest BCUT2D eigenvalue weighted by Crippen LogP contribution is 2.61. The molecule has 0 radical (unpaired) electrons. The van der Waals surface area contributed by atoms with E-state index in [1.54, 1.807) is 0 Å². The number of hydrogen-bond acceptors (Lipinski definition) is 22. The smallest absolute Gasteiger partial charge is 0.386 e. The van der Waals surface area contributed by atoms with Crippen LogP contribution in [0.3, 0.4) is 0 Å². The third-order valence-corrected chi connectivity index (χ3v) is 14.5. The van der Waals surface area contributed by atoms with Crippen LogP contribution >= 0.6 is 35.2 Å². The first-order valence-electron chi connectivity index (χ1n) is 22.1. The van der Waals surface area contributed by atoms with Gasteiger partial charge in [0.2, 0.25) is 11.8 Å². The minimum absolute atomic E-state index is 0. The molecular weight excluding hydrogens is 1020 g/mol. The number of nitrogens with zero attached hydrogens (tertiary/aromatic N) is 7. The van der Waals surface area contributed by atoms with Crippen molar-refractivity contribution in [1.82, 2.24) is 48.6 Å². The Morgan fingerprint density at radius 3 is 2.06 bits per heavy atom. The summed E-state index contributed by atoms with van der Waals surface area (Å²) in [5.74, 6) is -1.06. The van der Waals surface area contributed by atoms with Gasteiger partial charge in [-0.25, -0.2) is 28.6 Å². The Bertz CT molecular complexity index is 2120. The number of thioether (sulfide) groups is 1. The Labute approximate surface area is 415 Å². The third-order valence-electron chi connectivity index (χ3n) is 10.5. The summed E-state index contributed by atoms with van der Waals surface area (Å²) in [7, 11) is -16.4. The molecule has 0 aromatic carbocycles. The van der Waals surface area contributed by atoms with Crippen LogP contribution in [0.4, 0.5) is 5.82 Å². The lowest BCUT2D eigenvalue weighted by Crippen LogP contribution is -2.46. The van der Waals surface area contributed by atoms with E-state index < -0.39 is 84.6 Å². The lowest BCUT2D eigenvalue weighted by atomic mass is 9.87. The first-order valence-corrected chi connectivity index (χ1v) is 27.6. The molecule has 34 heteroatoms. The number of imidazole rings is 1. The predicted molar refractivity (Wildman–Crippen MR) is 261 cm³/mol. The number of carbonyl (C=O) groups excluding carboxylic acids is 3. The number of rotatable bonds is 35. The molecule has 1 aliphatic heterocycles. The zero-order valence-electron chi connectivity index (χ0n) is 40.1. The number of carbonyl (C=O) groups is 3. The van der Waals surface area contributed by atoms with Gasteiger partial charge in [-0.3, -0.25) is 32.5 Å². The summed E-state index contributed by atoms with van der Waals surface area (Å²) in [6, 6.07) is 0. The van der Waals surface area contributed by atoms with Crippen LogP contribution in [0.25, 0.3) is 21.6 Å². The molecule has 0 bridgehead atoms. The van der Waals surface area contributed by atoms with Crippen LogP contribution in [0.2, 0.25) is 0 Å². The van der Waals surface area contributed by atoms with Crippen molar-refractivity contribution in [3.8, 4) is 0 Å². The number of phosphoric ester groups is 3. The van der Waals surface area contributed by atoms with Crippen molar-refractivity contribution in [2.24, 2.45) is 10.5 Å². The second-order valence-corrected chi connectivity index (χ2v) is 22.0. The van der Waals surface area contributed by atoms with Gasteiger partial charge in [0.1, 0.15) is 36.3 Å². The molecular formula is C37H74N13O17P3S. The number of azide groups is 1. The maximum absolute atomic E-state index is 12.7. The molecule has 0 saturated carbocycles. The van der Waals surface area contributed by atoms with Gasteiger partial charge in [0.05, 0.1) is 19.5 Å². The molecule has 30 nitrogen and oxygen atoms in total. The van der Waals surface area contributed by atoms with Gasteiger partial charge in [-0.2, -0.15) is 4.31 Å². The highest BCUT2D eigenvalue weighted by Gasteiger charge is 2.50. The number of nitrogens with two attached hydrogens (primary N) is 1. The predicted octanol–water partition coefficient (Wildman–Crippen LogP) is 4.92. The van der Waals surface area contributed by atoms with E-state index in [1.165, 1.54) is 58.8 Å². The normalized spacial score (nSPS) is 18.9. The Morgan fingerprint density at radius 2 is 1.46 bits per heavy atom. The van der Waals surface area contributed by atoms with Gasteiger partial charge in [0, 0.05) is 48.6 Å². The average Bonchev–Trinajstić information content (AvgIpc) is 3.83. The number of fused-ring (bicyclic) bond motifs is 1. The number of nitrogen functional groups attached to an aromatic ring is 1. The largest absolute Gasteiger partial charge is 0.481 e. The number of hydrogen-bond donors (Lipinski definition) is 12. The molecule has 1 fully saturated rings. The van der Waals surface area contributed by atoms with E-state index in [2.05, 4.69) is 44.4 Å². The molecule has 3 rings (SSSR count). The van der Waals surface area contributed by atoms with E-state index in [4.69, 9.17) is 25.0 Å². The van der Waals surface area contributed by atoms with E-state index in [0.717, 1.165) is 67.5 Å². The fraction of sp³-hybridized carbons (Fsp3) is 0.784. The molecule has 1 aliphatic rings. The van der Waals surface area contributed by atoms with E-state index in [9.17, 15) is 57.9 Å². The van der Waals surface area contributed by atoms with Crippen LogP contribution in [0.1, 0.15) is 116 Å². The molecule has 0 spiro atoms. The molecule has 1 saturated heterocycles. The van der Waals surface area contributed by atoms with Gasteiger partial charge in [0.25, 0.3) is 0 Å². The number of aliphatic hydroxyl groups is 2. The second kappa shape index (κ2) is 33.5. The maximum Gasteiger partial charge on any atom is 0.481 e. The SMILES string of the molecule is CC(C)(COP(=O)(O)OP(=O)(O)OC[C@H]1O[C@@H](n2cnc3c(N)ncnc32)[C@@H](O)C1OP(=O)(O)O)[C@@H](O)C(=O)NCCC(=O)NCCSC(=O)CCCCCCCCCCCCCCCN=[N+]=[N-].N.N.N. The highest BCUT2D eigenvalue weighted by molar-refractivity contribution is 8.13. The van der Waals surface area contributed by atoms with Gasteiger partial charge in [-0.1, -0.05) is 101 Å². The van der Waals surface area contributed by atoms with Crippen molar-refractivity contribution in [2.75, 3.05) is 44.3 Å². The Morgan fingerprint density at radius 1 is 0.887 bits per heavy atom. The van der Waals surface area contributed by atoms with Crippen LogP contribution in [-0.4, -0.2) is 129 Å². The number of aliphatic hydroxyl groups excluding tert-OH is 2. The number of nitrogens with one attached hydrogen (secondary N) is 2. The number of unbranched alkanes of at least 4 members (excludes halogenated alkanes) is 12. The topological polar surface area (TPSA) is 517 Å². The van der Waals surface area contributed by atoms with Gasteiger partial charge < -0.3 is 69.3 Å². The molecule has 3 unspecified atom stereocenters. The van der Waals surface area contributed by atoms with Crippen LogP contribution in [0, 0.1) is 5.41 Å². The summed E-state index contributed by atoms with van der Waals surface area (Å²) in [4.78, 5) is 91.1. The quantitative estimate of drug-likeness (QED) is 0.0143. The van der Waals surface area contributed by atoms with E-state index in [1.807, 2.05) is 0 Å². The van der Waals surface area contributed by atoms with E-state index in [0.29, 0.717) is 18.7 Å². The van der Waals surface area contributed by atoms with Crippen molar-refractivity contribution in [1.29, 1.82) is 0 Å². The van der Waals surface area contributed by atoms with Crippen molar-refractivity contribution < 1.29 is 80.5 Å². The Kier molecular flexibility index (Phi) is 32.0. The van der Waals surface area contributed by atoms with Crippen molar-refractivity contribution in [2.45, 2.75) is 141 Å². The summed E-state index contributed by atoms with van der Waals surface area (Å²) in [5, 5.41) is 30.2. The van der Waals surface area contributed by atoms with Crippen LogP contribution in [0.5, 0.6) is 0 Å². The minimum atomic E-state index is -5.58. The van der Waals surface area contributed by atoms with Crippen LogP contribution < -0.4 is 34.8 Å². The molecule has 2 amide bonds. The summed E-state index contributed by atoms with van der Waals surface area (Å²) < 4.78 is 62.4. The van der Waals surface area contributed by atoms with Crippen molar-refractivity contribution in [3.05, 3.63) is 23.1 Å².